The number of nitrogens with zero attached hydrogens (tertiary/aromatic N) is 4. The van der Waals surface area contributed by atoms with Crippen LogP contribution in [0.2, 0.25) is 0 Å². The van der Waals surface area contributed by atoms with Crippen molar-refractivity contribution in [2.24, 2.45) is 5.10 Å². The number of aromatic nitrogens is 3. The molecule has 0 fully saturated rings. The number of rotatable bonds is 8. The highest BCUT2D eigenvalue weighted by atomic mass is 19.1. The minimum atomic E-state index is -0.330. The molecule has 1 N–H and O–H groups in total. The van der Waals surface area contributed by atoms with E-state index in [1.807, 2.05) is 24.3 Å². The lowest BCUT2D eigenvalue weighted by molar-refractivity contribution is -0.121. The maximum atomic E-state index is 13.0. The summed E-state index contributed by atoms with van der Waals surface area (Å²) in [5, 5.41) is 12.0. The number of benzene rings is 3. The molecule has 0 unspecified atom stereocenters. The zero-order chi connectivity index (χ0) is 22.3. The van der Waals surface area contributed by atoms with E-state index < -0.39 is 0 Å². The molecular weight excluding hydrogens is 413 g/mol. The van der Waals surface area contributed by atoms with E-state index in [1.54, 1.807) is 30.3 Å². The normalized spacial score (nSPS) is 11.1. The van der Waals surface area contributed by atoms with Crippen LogP contribution in [0.25, 0.3) is 11.0 Å². The maximum absolute atomic E-state index is 13.0. The van der Waals surface area contributed by atoms with Gasteiger partial charge in [-0.3, -0.25) is 4.79 Å². The summed E-state index contributed by atoms with van der Waals surface area (Å²) < 4.78 is 25.7. The minimum Gasteiger partial charge on any atom is -0.493 e. The smallest absolute Gasteiger partial charge is 0.261 e. The molecule has 1 heterocycles. The summed E-state index contributed by atoms with van der Waals surface area (Å²) in [5.74, 6) is 0.423. The van der Waals surface area contributed by atoms with Crippen LogP contribution in [0.1, 0.15) is 11.1 Å². The Hall–Kier alpha value is -4.27. The summed E-state index contributed by atoms with van der Waals surface area (Å²) in [7, 11) is 1.53. The quantitative estimate of drug-likeness (QED) is 0.340. The average Bonchev–Trinajstić information content (AvgIpc) is 3.22. The molecule has 9 heteroatoms. The van der Waals surface area contributed by atoms with Crippen molar-refractivity contribution >= 4 is 23.2 Å². The molecule has 162 valence electrons. The highest BCUT2D eigenvalue weighted by molar-refractivity contribution is 5.84. The van der Waals surface area contributed by atoms with Gasteiger partial charge in [0.2, 0.25) is 0 Å². The van der Waals surface area contributed by atoms with Gasteiger partial charge in [0.1, 0.15) is 24.5 Å². The highest BCUT2D eigenvalue weighted by Crippen LogP contribution is 2.28. The van der Waals surface area contributed by atoms with Gasteiger partial charge in [-0.25, -0.2) is 14.5 Å². The van der Waals surface area contributed by atoms with Crippen molar-refractivity contribution in [3.05, 3.63) is 83.7 Å². The number of ether oxygens (including phenoxy) is 2. The summed E-state index contributed by atoms with van der Waals surface area (Å²) >= 11 is 0. The number of para-hydroxylation sites is 1. The van der Waals surface area contributed by atoms with Gasteiger partial charge in [-0.2, -0.15) is 5.10 Å². The largest absolute Gasteiger partial charge is 0.493 e. The number of amides is 1. The molecule has 0 bridgehead atoms. The van der Waals surface area contributed by atoms with E-state index in [0.29, 0.717) is 17.1 Å². The van der Waals surface area contributed by atoms with Crippen LogP contribution >= 0.6 is 0 Å². The van der Waals surface area contributed by atoms with Gasteiger partial charge in [0.25, 0.3) is 5.91 Å². The minimum absolute atomic E-state index is 0.00264. The lowest BCUT2D eigenvalue weighted by atomic mass is 10.2. The van der Waals surface area contributed by atoms with Crippen LogP contribution < -0.4 is 14.9 Å². The van der Waals surface area contributed by atoms with Crippen molar-refractivity contribution in [2.75, 3.05) is 7.11 Å². The van der Waals surface area contributed by atoms with Gasteiger partial charge >= 0.3 is 0 Å². The first-order chi connectivity index (χ1) is 15.6. The highest BCUT2D eigenvalue weighted by Gasteiger charge is 2.08. The molecule has 0 aliphatic heterocycles. The zero-order valence-electron chi connectivity index (χ0n) is 17.2. The van der Waals surface area contributed by atoms with Crippen molar-refractivity contribution < 1.29 is 18.7 Å². The second kappa shape index (κ2) is 9.69. The van der Waals surface area contributed by atoms with E-state index in [2.05, 4.69) is 20.8 Å². The first kappa shape index (κ1) is 21.0. The van der Waals surface area contributed by atoms with Crippen LogP contribution in [0, 0.1) is 5.82 Å². The van der Waals surface area contributed by atoms with Crippen LogP contribution in [0.15, 0.2) is 71.8 Å². The van der Waals surface area contributed by atoms with Gasteiger partial charge in [0.15, 0.2) is 11.5 Å². The molecule has 4 aromatic rings. The van der Waals surface area contributed by atoms with Gasteiger partial charge in [-0.05, 0) is 53.6 Å². The molecule has 1 aromatic heterocycles. The number of hydrogen-bond donors (Lipinski definition) is 1. The van der Waals surface area contributed by atoms with Crippen molar-refractivity contribution in [2.45, 2.75) is 13.2 Å². The molecule has 0 spiro atoms. The van der Waals surface area contributed by atoms with E-state index in [1.165, 1.54) is 30.1 Å². The lowest BCUT2D eigenvalue weighted by Gasteiger charge is -2.11. The fourth-order valence-corrected chi connectivity index (χ4v) is 3.01. The Labute approximate surface area is 183 Å². The van der Waals surface area contributed by atoms with E-state index in [9.17, 15) is 9.18 Å². The molecule has 0 atom stereocenters. The molecule has 32 heavy (non-hydrogen) atoms. The van der Waals surface area contributed by atoms with Crippen LogP contribution in [0.5, 0.6) is 11.5 Å². The molecule has 0 saturated heterocycles. The third-order valence-electron chi connectivity index (χ3n) is 4.61. The number of halogens is 1. The van der Waals surface area contributed by atoms with Gasteiger partial charge in [0.05, 0.1) is 18.8 Å². The second-order valence-electron chi connectivity index (χ2n) is 6.85. The number of hydrazone groups is 1. The lowest BCUT2D eigenvalue weighted by Crippen LogP contribution is -2.23. The van der Waals surface area contributed by atoms with Crippen molar-refractivity contribution in [3.63, 3.8) is 0 Å². The molecular formula is C23H20FN5O3. The summed E-state index contributed by atoms with van der Waals surface area (Å²) in [6.07, 6.45) is 1.50. The molecule has 3 aromatic carbocycles. The number of carbonyl (C=O) groups excluding carboxylic acids is 1. The van der Waals surface area contributed by atoms with Crippen molar-refractivity contribution in [1.29, 1.82) is 0 Å². The number of hydrogen-bond acceptors (Lipinski definition) is 6. The SMILES string of the molecule is COc1cc(C=NNC(=O)Cn2nnc3ccccc32)ccc1OCc1ccc(F)cc1. The Morgan fingerprint density at radius 1 is 1.12 bits per heavy atom. The van der Waals surface area contributed by atoms with Crippen molar-refractivity contribution in [1.82, 2.24) is 20.4 Å². The van der Waals surface area contributed by atoms with Crippen LogP contribution in [0.4, 0.5) is 4.39 Å². The zero-order valence-corrected chi connectivity index (χ0v) is 17.2. The fraction of sp³-hybridized carbons (Fsp3) is 0.130. The third kappa shape index (κ3) is 5.07. The van der Waals surface area contributed by atoms with Gasteiger partial charge in [-0.1, -0.05) is 29.5 Å². The predicted molar refractivity (Wildman–Crippen MR) is 117 cm³/mol. The molecule has 8 nitrogen and oxygen atoms in total. The first-order valence-electron chi connectivity index (χ1n) is 9.78. The van der Waals surface area contributed by atoms with E-state index in [0.717, 1.165) is 16.6 Å². The summed E-state index contributed by atoms with van der Waals surface area (Å²) in [6.45, 7) is 0.272. The summed E-state index contributed by atoms with van der Waals surface area (Å²) in [4.78, 5) is 12.2. The number of fused-ring (bicyclic) bond motifs is 1. The van der Waals surface area contributed by atoms with Crippen LogP contribution in [-0.4, -0.2) is 34.2 Å². The second-order valence-corrected chi connectivity index (χ2v) is 6.85. The molecule has 4 rings (SSSR count). The van der Waals surface area contributed by atoms with E-state index in [4.69, 9.17) is 9.47 Å². The molecule has 0 aliphatic carbocycles. The van der Waals surface area contributed by atoms with E-state index in [-0.39, 0.29) is 24.9 Å². The Bertz CT molecular complexity index is 1250. The maximum Gasteiger partial charge on any atom is 0.261 e. The monoisotopic (exact) mass is 433 g/mol. The van der Waals surface area contributed by atoms with Gasteiger partial charge in [-0.15, -0.1) is 5.10 Å². The van der Waals surface area contributed by atoms with Gasteiger partial charge in [0, 0.05) is 0 Å². The summed E-state index contributed by atoms with van der Waals surface area (Å²) in [5.41, 5.74) is 5.51. The standard InChI is InChI=1S/C23H20FN5O3/c1-31-22-12-17(8-11-21(22)32-15-16-6-9-18(24)10-7-16)13-25-27-23(30)14-29-20-5-3-2-4-19(20)26-28-29/h2-13H,14-15H2,1H3,(H,27,30). The first-order valence-corrected chi connectivity index (χ1v) is 9.78. The summed E-state index contributed by atoms with van der Waals surface area (Å²) in [6, 6.07) is 18.7. The number of methoxy groups -OCH3 is 1. The van der Waals surface area contributed by atoms with Crippen molar-refractivity contribution in [3.8, 4) is 11.5 Å². The van der Waals surface area contributed by atoms with Gasteiger partial charge < -0.3 is 9.47 Å². The third-order valence-corrected chi connectivity index (χ3v) is 4.61. The Morgan fingerprint density at radius 2 is 1.94 bits per heavy atom. The molecule has 1 amide bonds. The molecule has 0 radical (unpaired) electrons. The molecule has 0 saturated carbocycles. The average molecular weight is 433 g/mol. The number of nitrogens with one attached hydrogen (secondary N) is 1. The Balaban J connectivity index is 1.35. The van der Waals surface area contributed by atoms with Crippen LogP contribution in [0.3, 0.4) is 0 Å². The Morgan fingerprint density at radius 3 is 2.75 bits per heavy atom. The fourth-order valence-electron chi connectivity index (χ4n) is 3.01. The Kier molecular flexibility index (Phi) is 6.35. The topological polar surface area (TPSA) is 90.6 Å². The van der Waals surface area contributed by atoms with Crippen LogP contribution in [-0.2, 0) is 17.9 Å². The van der Waals surface area contributed by atoms with E-state index >= 15 is 0 Å². The predicted octanol–water partition coefficient (Wildman–Crippen LogP) is 3.31. The molecule has 0 aliphatic rings. The number of carbonyl (C=O) groups is 1.